The molecule has 2 aliphatic heterocycles. The molecule has 2 aromatic carbocycles. The predicted octanol–water partition coefficient (Wildman–Crippen LogP) is 2.45. The van der Waals surface area contributed by atoms with Crippen molar-refractivity contribution in [3.05, 3.63) is 48.0 Å². The van der Waals surface area contributed by atoms with Crippen LogP contribution in [0.25, 0.3) is 0 Å². The first-order chi connectivity index (χ1) is 15.3. The van der Waals surface area contributed by atoms with Crippen LogP contribution in [0.4, 0.5) is 5.69 Å². The zero-order valence-corrected chi connectivity index (χ0v) is 19.3. The van der Waals surface area contributed by atoms with Gasteiger partial charge in [0.25, 0.3) is 10.0 Å². The summed E-state index contributed by atoms with van der Waals surface area (Å²) in [6.07, 6.45) is 1.99. The summed E-state index contributed by atoms with van der Waals surface area (Å²) in [6, 6.07) is 11.0. The van der Waals surface area contributed by atoms with Gasteiger partial charge in [0.2, 0.25) is 10.0 Å². The second-order valence-electron chi connectivity index (χ2n) is 7.44. The highest BCUT2D eigenvalue weighted by Gasteiger charge is 2.31. The van der Waals surface area contributed by atoms with Crippen LogP contribution in [-0.4, -0.2) is 59.9 Å². The predicted molar refractivity (Wildman–Crippen MR) is 120 cm³/mol. The summed E-state index contributed by atoms with van der Waals surface area (Å²) in [4.78, 5) is -0.258. The average Bonchev–Trinajstić information content (AvgIpc) is 2.79. The van der Waals surface area contributed by atoms with Gasteiger partial charge in [0.15, 0.2) is 5.84 Å². The summed E-state index contributed by atoms with van der Waals surface area (Å²) in [7, 11) is -7.92. The Bertz CT molecular complexity index is 1220. The van der Waals surface area contributed by atoms with E-state index in [2.05, 4.69) is 16.6 Å². The minimum Gasteiger partial charge on any atom is -0.494 e. The molecule has 2 heterocycles. The molecule has 0 unspecified atom stereocenters. The third-order valence-electron chi connectivity index (χ3n) is 5.20. The largest absolute Gasteiger partial charge is 0.494 e. The lowest BCUT2D eigenvalue weighted by Crippen LogP contribution is -2.40. The molecule has 2 aromatic rings. The Morgan fingerprint density at radius 2 is 1.84 bits per heavy atom. The number of morpholine rings is 1. The van der Waals surface area contributed by atoms with Gasteiger partial charge < -0.3 is 14.8 Å². The number of rotatable bonds is 7. The maximum absolute atomic E-state index is 12.9. The molecule has 1 saturated heterocycles. The van der Waals surface area contributed by atoms with E-state index in [1.54, 1.807) is 24.3 Å². The molecule has 11 heteroatoms. The van der Waals surface area contributed by atoms with Crippen LogP contribution in [0.1, 0.15) is 25.3 Å². The number of sulfonamides is 2. The molecule has 0 radical (unpaired) electrons. The topological polar surface area (TPSA) is 114 Å². The molecule has 32 heavy (non-hydrogen) atoms. The van der Waals surface area contributed by atoms with Gasteiger partial charge in [-0.1, -0.05) is 13.3 Å². The molecular formula is C21H25N3O6S2. The smallest absolute Gasteiger partial charge is 0.286 e. The molecule has 2 aliphatic rings. The van der Waals surface area contributed by atoms with Crippen molar-refractivity contribution >= 4 is 31.6 Å². The molecular weight excluding hydrogens is 454 g/mol. The molecule has 0 aliphatic carbocycles. The zero-order chi connectivity index (χ0) is 22.8. The maximum Gasteiger partial charge on any atom is 0.286 e. The number of ether oxygens (including phenoxy) is 2. The van der Waals surface area contributed by atoms with Crippen molar-refractivity contribution in [2.75, 3.05) is 38.2 Å². The Kier molecular flexibility index (Phi) is 6.52. The quantitative estimate of drug-likeness (QED) is 0.607. The number of benzene rings is 2. The van der Waals surface area contributed by atoms with Gasteiger partial charge in [-0.2, -0.15) is 12.7 Å². The molecule has 4 rings (SSSR count). The molecule has 1 N–H and O–H groups in total. The lowest BCUT2D eigenvalue weighted by atomic mass is 10.2. The van der Waals surface area contributed by atoms with Crippen molar-refractivity contribution in [3.8, 4) is 5.75 Å². The van der Waals surface area contributed by atoms with Gasteiger partial charge in [-0.25, -0.2) is 8.42 Å². The van der Waals surface area contributed by atoms with Crippen molar-refractivity contribution in [2.45, 2.75) is 29.6 Å². The summed E-state index contributed by atoms with van der Waals surface area (Å²) in [5.74, 6) is 0.862. The normalized spacial score (nSPS) is 18.3. The van der Waals surface area contributed by atoms with E-state index in [-0.39, 0.29) is 34.4 Å². The molecule has 0 spiro atoms. The van der Waals surface area contributed by atoms with Crippen molar-refractivity contribution in [1.82, 2.24) is 4.31 Å². The van der Waals surface area contributed by atoms with Gasteiger partial charge >= 0.3 is 0 Å². The number of nitrogens with zero attached hydrogens (tertiary/aromatic N) is 2. The van der Waals surface area contributed by atoms with Gasteiger partial charge in [0, 0.05) is 18.7 Å². The Balaban J connectivity index is 1.59. The van der Waals surface area contributed by atoms with E-state index < -0.39 is 20.0 Å². The monoisotopic (exact) mass is 479 g/mol. The molecule has 0 bridgehead atoms. The number of anilines is 1. The molecule has 0 amide bonds. The number of nitrogens with one attached hydrogen (secondary N) is 1. The summed E-state index contributed by atoms with van der Waals surface area (Å²) >= 11 is 0. The highest BCUT2D eigenvalue weighted by Crippen LogP contribution is 2.32. The summed E-state index contributed by atoms with van der Waals surface area (Å²) in [6.45, 7) is 3.76. The molecule has 9 nitrogen and oxygen atoms in total. The van der Waals surface area contributed by atoms with E-state index in [1.807, 2.05) is 0 Å². The van der Waals surface area contributed by atoms with E-state index in [1.165, 1.54) is 16.4 Å². The highest BCUT2D eigenvalue weighted by atomic mass is 32.2. The third kappa shape index (κ3) is 4.65. The number of unbranched alkanes of at least 4 members (excludes halogenated alkanes) is 1. The molecule has 0 atom stereocenters. The van der Waals surface area contributed by atoms with Crippen LogP contribution >= 0.6 is 0 Å². The first-order valence-corrected chi connectivity index (χ1v) is 13.3. The molecule has 0 aromatic heterocycles. The fourth-order valence-corrected chi connectivity index (χ4v) is 6.08. The van der Waals surface area contributed by atoms with Gasteiger partial charge in [0.05, 0.1) is 30.4 Å². The Morgan fingerprint density at radius 3 is 2.53 bits per heavy atom. The second kappa shape index (κ2) is 9.18. The summed E-state index contributed by atoms with van der Waals surface area (Å²) in [5, 5.41) is 3.00. The molecule has 1 fully saturated rings. The van der Waals surface area contributed by atoms with E-state index in [9.17, 15) is 16.8 Å². The Labute approximate surface area is 188 Å². The molecule has 172 valence electrons. The van der Waals surface area contributed by atoms with Crippen molar-refractivity contribution in [1.29, 1.82) is 0 Å². The number of amidine groups is 1. The summed E-state index contributed by atoms with van der Waals surface area (Å²) < 4.78 is 67.6. The van der Waals surface area contributed by atoms with Gasteiger partial charge in [-0.15, -0.1) is 4.40 Å². The van der Waals surface area contributed by atoms with Crippen molar-refractivity contribution in [3.63, 3.8) is 0 Å². The third-order valence-corrected chi connectivity index (χ3v) is 8.41. The van der Waals surface area contributed by atoms with Crippen LogP contribution in [0.15, 0.2) is 56.7 Å². The SMILES string of the molecule is CCCCOc1ccc(C2=NS(=O)(=O)c3cc(S(=O)(=O)N4CCOCC4)ccc3N2)cc1. The Morgan fingerprint density at radius 1 is 1.12 bits per heavy atom. The highest BCUT2D eigenvalue weighted by molar-refractivity contribution is 7.91. The minimum absolute atomic E-state index is 0.0873. The van der Waals surface area contributed by atoms with Gasteiger partial charge in [-0.05, 0) is 48.9 Å². The molecule has 0 saturated carbocycles. The van der Waals surface area contributed by atoms with E-state index in [0.29, 0.717) is 31.1 Å². The van der Waals surface area contributed by atoms with E-state index in [0.717, 1.165) is 18.9 Å². The second-order valence-corrected chi connectivity index (χ2v) is 11.0. The van der Waals surface area contributed by atoms with Crippen LogP contribution in [0.5, 0.6) is 5.75 Å². The van der Waals surface area contributed by atoms with E-state index >= 15 is 0 Å². The van der Waals surface area contributed by atoms with Crippen molar-refractivity contribution < 1.29 is 26.3 Å². The van der Waals surface area contributed by atoms with Crippen molar-refractivity contribution in [2.24, 2.45) is 4.40 Å². The van der Waals surface area contributed by atoms with Crippen LogP contribution in [0, 0.1) is 0 Å². The Hall–Kier alpha value is -2.47. The van der Waals surface area contributed by atoms with Crippen LogP contribution in [-0.2, 0) is 24.8 Å². The number of fused-ring (bicyclic) bond motifs is 1. The lowest BCUT2D eigenvalue weighted by Gasteiger charge is -2.26. The number of hydrogen-bond donors (Lipinski definition) is 1. The average molecular weight is 480 g/mol. The standard InChI is InChI=1S/C21H25N3O6S2/c1-2-3-12-30-17-6-4-16(5-7-17)21-22-19-9-8-18(15-20(19)31(25,26)23-21)32(27,28)24-10-13-29-14-11-24/h4-9,15H,2-3,10-14H2,1H3,(H,22,23). The number of hydrogen-bond acceptors (Lipinski definition) is 7. The zero-order valence-electron chi connectivity index (χ0n) is 17.7. The minimum atomic E-state index is -4.09. The fraction of sp³-hybridized carbons (Fsp3) is 0.381. The van der Waals surface area contributed by atoms with E-state index in [4.69, 9.17) is 9.47 Å². The maximum atomic E-state index is 12.9. The van der Waals surface area contributed by atoms with Crippen LogP contribution in [0.2, 0.25) is 0 Å². The van der Waals surface area contributed by atoms with Crippen LogP contribution < -0.4 is 10.1 Å². The van der Waals surface area contributed by atoms with Crippen LogP contribution in [0.3, 0.4) is 0 Å². The first kappa shape index (κ1) is 22.7. The first-order valence-electron chi connectivity index (χ1n) is 10.4. The fourth-order valence-electron chi connectivity index (χ4n) is 3.40. The van der Waals surface area contributed by atoms with Gasteiger partial charge in [-0.3, -0.25) is 0 Å². The van der Waals surface area contributed by atoms with Gasteiger partial charge in [0.1, 0.15) is 10.6 Å². The summed E-state index contributed by atoms with van der Waals surface area (Å²) in [5.41, 5.74) is 0.853. The lowest BCUT2D eigenvalue weighted by molar-refractivity contribution is 0.0730.